The van der Waals surface area contributed by atoms with Crippen molar-refractivity contribution < 1.29 is 9.53 Å². The molecule has 0 saturated heterocycles. The monoisotopic (exact) mass is 303 g/mol. The van der Waals surface area contributed by atoms with Crippen LogP contribution in [0.4, 0.5) is 0 Å². The van der Waals surface area contributed by atoms with Crippen molar-refractivity contribution in [2.75, 3.05) is 13.1 Å². The Morgan fingerprint density at radius 1 is 1.09 bits per heavy atom. The van der Waals surface area contributed by atoms with Crippen LogP contribution in [0.25, 0.3) is 0 Å². The number of hydrogen-bond acceptors (Lipinski definition) is 3. The zero-order valence-electron chi connectivity index (χ0n) is 14.2. The van der Waals surface area contributed by atoms with Crippen LogP contribution in [0.1, 0.15) is 63.5 Å². The van der Waals surface area contributed by atoms with Gasteiger partial charge >= 0.3 is 5.97 Å². The highest BCUT2D eigenvalue weighted by Gasteiger charge is 2.24. The minimum Gasteiger partial charge on any atom is -0.463 e. The molecule has 0 radical (unpaired) electrons. The summed E-state index contributed by atoms with van der Waals surface area (Å²) in [6, 6.07) is 9.11. The first-order valence-electron chi connectivity index (χ1n) is 8.60. The van der Waals surface area contributed by atoms with Gasteiger partial charge in [-0.15, -0.1) is 0 Å². The number of ether oxygens (including phenoxy) is 1. The van der Waals surface area contributed by atoms with Crippen molar-refractivity contribution in [2.45, 2.75) is 65.0 Å². The molecule has 0 unspecified atom stereocenters. The van der Waals surface area contributed by atoms with Gasteiger partial charge in [0.05, 0.1) is 0 Å². The Labute approximate surface area is 134 Å². The zero-order chi connectivity index (χ0) is 15.9. The van der Waals surface area contributed by atoms with Crippen LogP contribution >= 0.6 is 0 Å². The van der Waals surface area contributed by atoms with Crippen molar-refractivity contribution in [1.29, 1.82) is 0 Å². The molecule has 3 heteroatoms. The summed E-state index contributed by atoms with van der Waals surface area (Å²) in [5.74, 6) is 0.471. The molecule has 1 aliphatic rings. The fourth-order valence-electron chi connectivity index (χ4n) is 3.35. The van der Waals surface area contributed by atoms with Crippen molar-refractivity contribution in [2.24, 2.45) is 0 Å². The van der Waals surface area contributed by atoms with E-state index in [-0.39, 0.29) is 12.1 Å². The Hall–Kier alpha value is -1.35. The summed E-state index contributed by atoms with van der Waals surface area (Å²) in [4.78, 5) is 13.4. The molecule has 0 N–H and O–H groups in total. The maximum absolute atomic E-state index is 11.0. The molecule has 0 spiro atoms. The summed E-state index contributed by atoms with van der Waals surface area (Å²) >= 11 is 0. The third kappa shape index (κ3) is 4.84. The predicted molar refractivity (Wildman–Crippen MR) is 89.8 cm³/mol. The van der Waals surface area contributed by atoms with Crippen LogP contribution in [-0.2, 0) is 16.1 Å². The lowest BCUT2D eigenvalue weighted by atomic mass is 9.82. The molecule has 1 saturated carbocycles. The maximum atomic E-state index is 11.0. The van der Waals surface area contributed by atoms with Crippen molar-refractivity contribution in [3.63, 3.8) is 0 Å². The summed E-state index contributed by atoms with van der Waals surface area (Å²) in [5, 5.41) is 0. The van der Waals surface area contributed by atoms with Gasteiger partial charge in [-0.2, -0.15) is 0 Å². The number of rotatable bonds is 6. The first-order valence-corrected chi connectivity index (χ1v) is 8.60. The number of nitrogens with zero attached hydrogens (tertiary/aromatic N) is 1. The van der Waals surface area contributed by atoms with E-state index in [4.69, 9.17) is 4.74 Å². The Kier molecular flexibility index (Phi) is 6.44. The number of carbonyl (C=O) groups is 1. The zero-order valence-corrected chi connectivity index (χ0v) is 14.2. The maximum Gasteiger partial charge on any atom is 0.302 e. The molecule has 22 heavy (non-hydrogen) atoms. The lowest BCUT2D eigenvalue weighted by Crippen LogP contribution is -2.23. The highest BCUT2D eigenvalue weighted by Crippen LogP contribution is 2.34. The molecule has 0 atom stereocenters. The van der Waals surface area contributed by atoms with E-state index in [0.29, 0.717) is 5.92 Å². The van der Waals surface area contributed by atoms with Crippen LogP contribution in [0.15, 0.2) is 24.3 Å². The smallest absolute Gasteiger partial charge is 0.302 e. The van der Waals surface area contributed by atoms with Crippen molar-refractivity contribution >= 4 is 5.97 Å². The molecule has 3 nitrogen and oxygen atoms in total. The molecule has 1 fully saturated rings. The highest BCUT2D eigenvalue weighted by molar-refractivity contribution is 5.66. The second-order valence-electron chi connectivity index (χ2n) is 6.29. The third-order valence-electron chi connectivity index (χ3n) is 4.76. The minimum absolute atomic E-state index is 0.135. The molecule has 0 heterocycles. The molecular weight excluding hydrogens is 274 g/mol. The van der Waals surface area contributed by atoms with E-state index >= 15 is 0 Å². The van der Waals surface area contributed by atoms with Crippen LogP contribution < -0.4 is 0 Å². The van der Waals surface area contributed by atoms with Crippen molar-refractivity contribution in [1.82, 2.24) is 4.90 Å². The highest BCUT2D eigenvalue weighted by atomic mass is 16.5. The molecule has 0 bridgehead atoms. The fraction of sp³-hybridized carbons (Fsp3) is 0.632. The van der Waals surface area contributed by atoms with E-state index in [9.17, 15) is 4.79 Å². The van der Waals surface area contributed by atoms with Crippen LogP contribution in [0.3, 0.4) is 0 Å². The Morgan fingerprint density at radius 3 is 2.18 bits per heavy atom. The quantitative estimate of drug-likeness (QED) is 0.740. The van der Waals surface area contributed by atoms with Gasteiger partial charge < -0.3 is 4.74 Å². The second-order valence-corrected chi connectivity index (χ2v) is 6.29. The topological polar surface area (TPSA) is 29.5 Å². The molecule has 1 aromatic carbocycles. The molecular formula is C19H29NO2. The van der Waals surface area contributed by atoms with Crippen molar-refractivity contribution in [3.05, 3.63) is 35.4 Å². The fourth-order valence-corrected chi connectivity index (χ4v) is 3.35. The van der Waals surface area contributed by atoms with Gasteiger partial charge in [0.2, 0.25) is 0 Å². The van der Waals surface area contributed by atoms with Crippen LogP contribution in [0, 0.1) is 0 Å². The normalized spacial score (nSPS) is 21.8. The summed E-state index contributed by atoms with van der Waals surface area (Å²) in [6.45, 7) is 9.14. The largest absolute Gasteiger partial charge is 0.463 e. The van der Waals surface area contributed by atoms with Gasteiger partial charge in [0.1, 0.15) is 6.10 Å². The molecule has 2 rings (SSSR count). The molecule has 0 aliphatic heterocycles. The van der Waals surface area contributed by atoms with Crippen molar-refractivity contribution in [3.8, 4) is 0 Å². The third-order valence-corrected chi connectivity index (χ3v) is 4.76. The van der Waals surface area contributed by atoms with Gasteiger partial charge in [0.25, 0.3) is 0 Å². The van der Waals surface area contributed by atoms with Crippen LogP contribution in [-0.4, -0.2) is 30.1 Å². The lowest BCUT2D eigenvalue weighted by Gasteiger charge is -2.28. The standard InChI is InChI=1S/C19H29NO2/c1-4-20(5-2)14-16-6-8-17(9-7-16)18-10-12-19(13-11-18)22-15(3)21/h6-9,18-19H,4-5,10-14H2,1-3H3. The summed E-state index contributed by atoms with van der Waals surface area (Å²) in [6.07, 6.45) is 4.35. The van der Waals surface area contributed by atoms with Gasteiger partial charge in [-0.05, 0) is 55.8 Å². The summed E-state index contributed by atoms with van der Waals surface area (Å²) in [5.41, 5.74) is 2.82. The molecule has 1 aliphatic carbocycles. The SMILES string of the molecule is CCN(CC)Cc1ccc(C2CCC(OC(C)=O)CC2)cc1. The Bertz CT molecular complexity index is 457. The van der Waals surface area contributed by atoms with Gasteiger partial charge in [-0.25, -0.2) is 0 Å². The van der Waals surface area contributed by atoms with E-state index in [1.54, 1.807) is 0 Å². The summed E-state index contributed by atoms with van der Waals surface area (Å²) in [7, 11) is 0. The van der Waals surface area contributed by atoms with E-state index in [1.807, 2.05) is 0 Å². The Balaban J connectivity index is 1.87. The second kappa shape index (κ2) is 8.33. The average molecular weight is 303 g/mol. The van der Waals surface area contributed by atoms with Crippen LogP contribution in [0.2, 0.25) is 0 Å². The minimum atomic E-state index is -0.149. The lowest BCUT2D eigenvalue weighted by molar-refractivity contribution is -0.147. The van der Waals surface area contributed by atoms with E-state index in [2.05, 4.69) is 43.0 Å². The first kappa shape index (κ1) is 17.0. The first-order chi connectivity index (χ1) is 10.6. The molecule has 0 amide bonds. The predicted octanol–water partition coefficient (Wildman–Crippen LogP) is 4.12. The molecule has 1 aromatic rings. The van der Waals surface area contributed by atoms with E-state index in [0.717, 1.165) is 45.3 Å². The van der Waals surface area contributed by atoms with Gasteiger partial charge in [-0.3, -0.25) is 9.69 Å². The molecule has 0 aromatic heterocycles. The number of benzene rings is 1. The van der Waals surface area contributed by atoms with E-state index < -0.39 is 0 Å². The Morgan fingerprint density at radius 2 is 1.68 bits per heavy atom. The van der Waals surface area contributed by atoms with Gasteiger partial charge in [0.15, 0.2) is 0 Å². The molecule has 122 valence electrons. The number of esters is 1. The summed E-state index contributed by atoms with van der Waals surface area (Å²) < 4.78 is 5.32. The average Bonchev–Trinajstić information content (AvgIpc) is 2.53. The van der Waals surface area contributed by atoms with Crippen LogP contribution in [0.5, 0.6) is 0 Å². The van der Waals surface area contributed by atoms with Gasteiger partial charge in [-0.1, -0.05) is 38.1 Å². The van der Waals surface area contributed by atoms with Gasteiger partial charge in [0, 0.05) is 13.5 Å². The number of carbonyl (C=O) groups excluding carboxylic acids is 1. The van der Waals surface area contributed by atoms with E-state index in [1.165, 1.54) is 18.1 Å². The number of hydrogen-bond donors (Lipinski definition) is 0.